The highest BCUT2D eigenvalue weighted by Crippen LogP contribution is 2.34. The molecule has 2 N–H and O–H groups in total. The van der Waals surface area contributed by atoms with E-state index in [4.69, 9.17) is 5.10 Å². The SMILES string of the molecule is Cc1ccc(-n2nc(C(C)(C)C)cc2NC(=O)Nc2ccccc2CC2CCN(S(=O)(=O)c3cccc4c(N(C)C)cccc34)CC2)cc1. The zero-order valence-electron chi connectivity index (χ0n) is 29.2. The molecular weight excluding hydrogens is 633 g/mol. The first kappa shape index (κ1) is 34.2. The standard InChI is InChI=1S/C39H46N6O3S/c1-27-17-19-30(20-18-27)45-37(26-36(42-45)39(2,3)4)41-38(46)40-33-14-8-7-11-29(33)25-28-21-23-44(24-22-28)49(47,48)35-16-10-12-31-32(35)13-9-15-34(31)43(5)6/h7-20,26,28H,21-25H2,1-6H3,(H2,40,41,46). The maximum absolute atomic E-state index is 13.9. The smallest absolute Gasteiger partial charge is 0.324 e. The molecule has 0 bridgehead atoms. The number of sulfonamides is 1. The summed E-state index contributed by atoms with van der Waals surface area (Å²) >= 11 is 0. The zero-order valence-corrected chi connectivity index (χ0v) is 30.0. The van der Waals surface area contributed by atoms with Gasteiger partial charge >= 0.3 is 6.03 Å². The number of aryl methyl sites for hydroxylation is 1. The molecule has 1 aliphatic heterocycles. The van der Waals surface area contributed by atoms with Crippen molar-refractivity contribution in [2.45, 2.75) is 57.3 Å². The summed E-state index contributed by atoms with van der Waals surface area (Å²) in [6.07, 6.45) is 2.21. The van der Waals surface area contributed by atoms with Crippen molar-refractivity contribution in [2.24, 2.45) is 5.92 Å². The molecule has 0 spiro atoms. The number of benzene rings is 4. The molecule has 0 radical (unpaired) electrons. The summed E-state index contributed by atoms with van der Waals surface area (Å²) < 4.78 is 31.2. The van der Waals surface area contributed by atoms with Crippen LogP contribution in [0.1, 0.15) is 50.4 Å². The van der Waals surface area contributed by atoms with E-state index in [-0.39, 0.29) is 17.4 Å². The molecule has 5 aromatic rings. The van der Waals surface area contributed by atoms with E-state index in [2.05, 4.69) is 31.4 Å². The van der Waals surface area contributed by atoms with Crippen molar-refractivity contribution in [3.63, 3.8) is 0 Å². The molecule has 6 rings (SSSR count). The lowest BCUT2D eigenvalue weighted by Gasteiger charge is -2.32. The van der Waals surface area contributed by atoms with Crippen LogP contribution in [0.3, 0.4) is 0 Å². The highest BCUT2D eigenvalue weighted by atomic mass is 32.2. The van der Waals surface area contributed by atoms with Crippen LogP contribution in [0.5, 0.6) is 0 Å². The fourth-order valence-electron chi connectivity index (χ4n) is 6.49. The van der Waals surface area contributed by atoms with E-state index in [1.54, 1.807) is 15.1 Å². The Morgan fingerprint density at radius 3 is 2.24 bits per heavy atom. The van der Waals surface area contributed by atoms with Gasteiger partial charge in [0.15, 0.2) is 0 Å². The van der Waals surface area contributed by atoms with E-state index in [1.165, 1.54) is 0 Å². The normalized spacial score (nSPS) is 14.6. The van der Waals surface area contributed by atoms with Gasteiger partial charge in [0.25, 0.3) is 0 Å². The van der Waals surface area contributed by atoms with Gasteiger partial charge in [-0.2, -0.15) is 9.40 Å². The lowest BCUT2D eigenvalue weighted by atomic mass is 9.90. The third-order valence-electron chi connectivity index (χ3n) is 9.30. The van der Waals surface area contributed by atoms with Crippen molar-refractivity contribution in [2.75, 3.05) is 42.7 Å². The predicted molar refractivity (Wildman–Crippen MR) is 200 cm³/mol. The number of nitrogens with one attached hydrogen (secondary N) is 2. The Labute approximate surface area is 290 Å². The van der Waals surface area contributed by atoms with E-state index in [9.17, 15) is 13.2 Å². The molecule has 0 atom stereocenters. The lowest BCUT2D eigenvalue weighted by Crippen LogP contribution is -2.39. The van der Waals surface area contributed by atoms with E-state index in [1.807, 2.05) is 111 Å². The number of aromatic nitrogens is 2. The molecule has 4 aromatic carbocycles. The minimum absolute atomic E-state index is 0.200. The first-order valence-corrected chi connectivity index (χ1v) is 18.3. The third kappa shape index (κ3) is 7.35. The molecular formula is C39H46N6O3S. The Hall–Kier alpha value is -4.67. The van der Waals surface area contributed by atoms with Gasteiger partial charge in [-0.05, 0) is 68.0 Å². The van der Waals surface area contributed by atoms with Gasteiger partial charge in [-0.3, -0.25) is 5.32 Å². The number of nitrogens with zero attached hydrogens (tertiary/aromatic N) is 4. The Kier molecular flexibility index (Phi) is 9.55. The number of para-hydroxylation sites is 1. The summed E-state index contributed by atoms with van der Waals surface area (Å²) in [6.45, 7) is 9.23. The number of hydrogen-bond acceptors (Lipinski definition) is 5. The maximum atomic E-state index is 13.9. The summed E-state index contributed by atoms with van der Waals surface area (Å²) in [6, 6.07) is 28.8. The first-order chi connectivity index (χ1) is 23.3. The van der Waals surface area contributed by atoms with Crippen LogP contribution in [-0.2, 0) is 21.9 Å². The van der Waals surface area contributed by atoms with E-state index >= 15 is 0 Å². The molecule has 9 nitrogen and oxygen atoms in total. The second kappa shape index (κ2) is 13.7. The summed E-state index contributed by atoms with van der Waals surface area (Å²) in [7, 11) is 0.256. The van der Waals surface area contributed by atoms with Crippen molar-refractivity contribution in [3.05, 3.63) is 108 Å². The Morgan fingerprint density at radius 1 is 0.878 bits per heavy atom. The van der Waals surface area contributed by atoms with Gasteiger partial charge < -0.3 is 10.2 Å². The van der Waals surface area contributed by atoms with Crippen LogP contribution >= 0.6 is 0 Å². The van der Waals surface area contributed by atoms with Gasteiger partial charge in [0.1, 0.15) is 5.82 Å². The average Bonchev–Trinajstić information content (AvgIpc) is 3.50. The monoisotopic (exact) mass is 678 g/mol. The summed E-state index contributed by atoms with van der Waals surface area (Å²) in [4.78, 5) is 15.8. The summed E-state index contributed by atoms with van der Waals surface area (Å²) in [5, 5.41) is 12.6. The van der Waals surface area contributed by atoms with Crippen molar-refractivity contribution in [1.29, 1.82) is 0 Å². The molecule has 2 heterocycles. The third-order valence-corrected chi connectivity index (χ3v) is 11.3. The summed E-state index contributed by atoms with van der Waals surface area (Å²) in [5.74, 6) is 0.865. The molecule has 1 aliphatic rings. The fraction of sp³-hybridized carbons (Fsp3) is 0.333. The minimum Gasteiger partial charge on any atom is -0.377 e. The number of piperidine rings is 1. The van der Waals surface area contributed by atoms with Gasteiger partial charge in [0, 0.05) is 60.8 Å². The number of rotatable bonds is 8. The number of amides is 2. The van der Waals surface area contributed by atoms with Crippen molar-refractivity contribution in [3.8, 4) is 5.69 Å². The number of fused-ring (bicyclic) bond motifs is 1. The number of hydrogen-bond donors (Lipinski definition) is 2. The predicted octanol–water partition coefficient (Wildman–Crippen LogP) is 7.98. The molecule has 49 heavy (non-hydrogen) atoms. The van der Waals surface area contributed by atoms with Gasteiger partial charge in [0.05, 0.1) is 16.3 Å². The van der Waals surface area contributed by atoms with Gasteiger partial charge in [-0.15, -0.1) is 0 Å². The second-order valence-electron chi connectivity index (χ2n) is 14.2. The number of carbonyl (C=O) groups excluding carboxylic acids is 1. The Bertz CT molecular complexity index is 2070. The molecule has 0 aliphatic carbocycles. The molecule has 10 heteroatoms. The molecule has 0 saturated carbocycles. The largest absolute Gasteiger partial charge is 0.377 e. The van der Waals surface area contributed by atoms with Crippen molar-refractivity contribution >= 4 is 44.0 Å². The van der Waals surface area contributed by atoms with E-state index in [0.717, 1.165) is 63.9 Å². The van der Waals surface area contributed by atoms with Gasteiger partial charge in [-0.25, -0.2) is 17.9 Å². The van der Waals surface area contributed by atoms with Gasteiger partial charge in [-0.1, -0.05) is 80.9 Å². The lowest BCUT2D eigenvalue weighted by molar-refractivity contribution is 0.261. The quantitative estimate of drug-likeness (QED) is 0.173. The highest BCUT2D eigenvalue weighted by Gasteiger charge is 2.31. The topological polar surface area (TPSA) is 99.6 Å². The average molecular weight is 679 g/mol. The Balaban J connectivity index is 1.14. The van der Waals surface area contributed by atoms with Crippen LogP contribution < -0.4 is 15.5 Å². The van der Waals surface area contributed by atoms with Crippen LogP contribution in [0.2, 0.25) is 0 Å². The Morgan fingerprint density at radius 2 is 1.55 bits per heavy atom. The molecule has 0 unspecified atom stereocenters. The second-order valence-corrected chi connectivity index (χ2v) is 16.1. The molecule has 1 aromatic heterocycles. The van der Waals surface area contributed by atoms with Crippen LogP contribution in [0.25, 0.3) is 16.5 Å². The highest BCUT2D eigenvalue weighted by molar-refractivity contribution is 7.89. The van der Waals surface area contributed by atoms with Crippen LogP contribution in [-0.4, -0.2) is 55.7 Å². The van der Waals surface area contributed by atoms with E-state index < -0.39 is 10.0 Å². The molecule has 1 saturated heterocycles. The number of carbonyl (C=O) groups is 1. The number of anilines is 3. The van der Waals surface area contributed by atoms with Crippen LogP contribution in [0.4, 0.5) is 22.0 Å². The maximum Gasteiger partial charge on any atom is 0.324 e. The molecule has 256 valence electrons. The fourth-order valence-corrected chi connectivity index (χ4v) is 8.17. The zero-order chi connectivity index (χ0) is 34.9. The van der Waals surface area contributed by atoms with Crippen LogP contribution in [0, 0.1) is 12.8 Å². The van der Waals surface area contributed by atoms with Crippen LogP contribution in [0.15, 0.2) is 95.9 Å². The van der Waals surface area contributed by atoms with Crippen molar-refractivity contribution in [1.82, 2.24) is 14.1 Å². The first-order valence-electron chi connectivity index (χ1n) is 16.8. The molecule has 2 amide bonds. The molecule has 1 fully saturated rings. The van der Waals surface area contributed by atoms with Crippen molar-refractivity contribution < 1.29 is 13.2 Å². The van der Waals surface area contributed by atoms with Gasteiger partial charge in [0.2, 0.25) is 10.0 Å². The van der Waals surface area contributed by atoms with E-state index in [0.29, 0.717) is 23.8 Å². The minimum atomic E-state index is -3.67. The summed E-state index contributed by atoms with van der Waals surface area (Å²) in [5.41, 5.74) is 5.42. The number of urea groups is 1.